The second kappa shape index (κ2) is 11.2. The van der Waals surface area contributed by atoms with Gasteiger partial charge < -0.3 is 9.88 Å². The molecular weight excluding hydrogens is 498 g/mol. The molecule has 0 bridgehead atoms. The molecule has 5 rings (SSSR count). The van der Waals surface area contributed by atoms with Crippen LogP contribution in [0.3, 0.4) is 0 Å². The lowest BCUT2D eigenvalue weighted by Crippen LogP contribution is -2.45. The number of hydrogen-bond acceptors (Lipinski definition) is 5. The number of carbonyl (C=O) groups excluding carboxylic acids is 1. The number of nitriles is 1. The lowest BCUT2D eigenvalue weighted by atomic mass is 9.99. The summed E-state index contributed by atoms with van der Waals surface area (Å²) in [5.74, 6) is -0.516. The van der Waals surface area contributed by atoms with Crippen molar-refractivity contribution in [2.24, 2.45) is 5.92 Å². The number of fused-ring (bicyclic) bond motifs is 1. The van der Waals surface area contributed by atoms with E-state index in [0.29, 0.717) is 49.8 Å². The SMILES string of the molecule is N#Cc1ccc(Cn2cncc2CCNC(=O)C2CCCN(S(=O)(=O)c3cccc4ccccc34)C2)cc1. The fraction of sp³-hybridized carbons (Fsp3) is 0.276. The molecule has 0 aliphatic carbocycles. The molecular formula is C29H29N5O3S. The Hall–Kier alpha value is -4.00. The number of carbonyl (C=O) groups is 1. The summed E-state index contributed by atoms with van der Waals surface area (Å²) in [5, 5.41) is 13.5. The van der Waals surface area contributed by atoms with Crippen LogP contribution < -0.4 is 5.32 Å². The van der Waals surface area contributed by atoms with Crippen LogP contribution in [0, 0.1) is 17.2 Å². The molecule has 194 valence electrons. The predicted molar refractivity (Wildman–Crippen MR) is 145 cm³/mol. The normalized spacial score (nSPS) is 16.2. The number of sulfonamides is 1. The van der Waals surface area contributed by atoms with E-state index in [1.807, 2.05) is 47.0 Å². The maximum atomic E-state index is 13.5. The second-order valence-electron chi connectivity index (χ2n) is 9.54. The van der Waals surface area contributed by atoms with Gasteiger partial charge >= 0.3 is 0 Å². The Bertz CT molecular complexity index is 1580. The molecule has 3 aromatic carbocycles. The van der Waals surface area contributed by atoms with Gasteiger partial charge in [0.25, 0.3) is 0 Å². The Morgan fingerprint density at radius 3 is 2.68 bits per heavy atom. The number of benzene rings is 3. The lowest BCUT2D eigenvalue weighted by Gasteiger charge is -2.31. The summed E-state index contributed by atoms with van der Waals surface area (Å²) in [5.41, 5.74) is 2.66. The minimum Gasteiger partial charge on any atom is -0.355 e. The first-order valence-corrected chi connectivity index (χ1v) is 14.1. The number of aromatic nitrogens is 2. The van der Waals surface area contributed by atoms with Crippen LogP contribution in [0.1, 0.15) is 29.7 Å². The molecule has 1 N–H and O–H groups in total. The molecule has 1 unspecified atom stereocenters. The Balaban J connectivity index is 1.19. The van der Waals surface area contributed by atoms with Crippen molar-refractivity contribution < 1.29 is 13.2 Å². The molecule has 8 nitrogen and oxygen atoms in total. The van der Waals surface area contributed by atoms with Gasteiger partial charge in [0.2, 0.25) is 15.9 Å². The fourth-order valence-corrected chi connectivity index (χ4v) is 6.71. The van der Waals surface area contributed by atoms with Crippen LogP contribution >= 0.6 is 0 Å². The molecule has 0 saturated carbocycles. The van der Waals surface area contributed by atoms with Crippen molar-refractivity contribution >= 4 is 26.7 Å². The molecule has 0 spiro atoms. The van der Waals surface area contributed by atoms with Crippen LogP contribution in [0.15, 0.2) is 84.1 Å². The highest BCUT2D eigenvalue weighted by molar-refractivity contribution is 7.89. The van der Waals surface area contributed by atoms with E-state index in [1.54, 1.807) is 36.8 Å². The van der Waals surface area contributed by atoms with Crippen LogP contribution in [-0.4, -0.2) is 47.8 Å². The standard InChI is InChI=1S/C29H29N5O3S/c30-17-22-10-12-23(13-11-22)19-33-21-31-18-26(33)14-15-32-29(35)25-7-4-16-34(20-25)38(36,37)28-9-3-6-24-5-1-2-8-27(24)28/h1-3,5-6,8-13,18,21,25H,4,7,14-16,19-20H2,(H,32,35). The first-order chi connectivity index (χ1) is 18.5. The largest absolute Gasteiger partial charge is 0.355 e. The van der Waals surface area contributed by atoms with Crippen molar-refractivity contribution in [3.05, 3.63) is 96.1 Å². The van der Waals surface area contributed by atoms with E-state index in [2.05, 4.69) is 16.4 Å². The minimum absolute atomic E-state index is 0.124. The number of piperidine rings is 1. The summed E-state index contributed by atoms with van der Waals surface area (Å²) in [6.45, 7) is 1.64. The maximum absolute atomic E-state index is 13.5. The van der Waals surface area contributed by atoms with E-state index in [-0.39, 0.29) is 17.3 Å². The van der Waals surface area contributed by atoms with Crippen molar-refractivity contribution in [3.63, 3.8) is 0 Å². The van der Waals surface area contributed by atoms with Gasteiger partial charge in [-0.15, -0.1) is 0 Å². The van der Waals surface area contributed by atoms with E-state index in [4.69, 9.17) is 5.26 Å². The van der Waals surface area contributed by atoms with Crippen molar-refractivity contribution in [1.29, 1.82) is 5.26 Å². The highest BCUT2D eigenvalue weighted by Crippen LogP contribution is 2.29. The van der Waals surface area contributed by atoms with Gasteiger partial charge in [-0.25, -0.2) is 13.4 Å². The minimum atomic E-state index is -3.73. The Labute approximate surface area is 222 Å². The third-order valence-electron chi connectivity index (χ3n) is 7.04. The van der Waals surface area contributed by atoms with E-state index in [9.17, 15) is 13.2 Å². The number of nitrogens with zero attached hydrogens (tertiary/aromatic N) is 4. The first-order valence-electron chi connectivity index (χ1n) is 12.7. The zero-order chi connectivity index (χ0) is 26.5. The van der Waals surface area contributed by atoms with Gasteiger partial charge in [-0.1, -0.05) is 48.5 Å². The summed E-state index contributed by atoms with van der Waals surface area (Å²) >= 11 is 0. The number of nitrogens with one attached hydrogen (secondary N) is 1. The van der Waals surface area contributed by atoms with Crippen molar-refractivity contribution in [2.45, 2.75) is 30.7 Å². The molecule has 1 saturated heterocycles. The summed E-state index contributed by atoms with van der Waals surface area (Å²) < 4.78 is 30.5. The molecule has 0 radical (unpaired) electrons. The van der Waals surface area contributed by atoms with Gasteiger partial charge in [-0.2, -0.15) is 9.57 Å². The van der Waals surface area contributed by atoms with E-state index in [0.717, 1.165) is 16.6 Å². The summed E-state index contributed by atoms with van der Waals surface area (Å²) in [6.07, 6.45) is 5.44. The topological polar surface area (TPSA) is 108 Å². The molecule has 1 aromatic heterocycles. The van der Waals surface area contributed by atoms with Crippen molar-refractivity contribution in [2.75, 3.05) is 19.6 Å². The van der Waals surface area contributed by atoms with Crippen LogP contribution in [0.4, 0.5) is 0 Å². The Morgan fingerprint density at radius 1 is 1.08 bits per heavy atom. The summed E-state index contributed by atoms with van der Waals surface area (Å²) in [6, 6.07) is 22.3. The van der Waals surface area contributed by atoms with Gasteiger partial charge in [-0.05, 0) is 42.0 Å². The predicted octanol–water partition coefficient (Wildman–Crippen LogP) is 3.72. The van der Waals surface area contributed by atoms with Crippen LogP contribution in [0.5, 0.6) is 0 Å². The molecule has 1 aliphatic rings. The quantitative estimate of drug-likeness (QED) is 0.376. The lowest BCUT2D eigenvalue weighted by molar-refractivity contribution is -0.126. The zero-order valence-corrected chi connectivity index (χ0v) is 21.8. The molecule has 4 aromatic rings. The molecule has 1 aliphatic heterocycles. The number of rotatable bonds is 8. The average molecular weight is 528 g/mol. The maximum Gasteiger partial charge on any atom is 0.243 e. The van der Waals surface area contributed by atoms with Crippen molar-refractivity contribution in [3.8, 4) is 6.07 Å². The van der Waals surface area contributed by atoms with Crippen LogP contribution in [0.2, 0.25) is 0 Å². The van der Waals surface area contributed by atoms with Gasteiger partial charge in [0.05, 0.1) is 28.8 Å². The van der Waals surface area contributed by atoms with Crippen LogP contribution in [-0.2, 0) is 27.8 Å². The highest BCUT2D eigenvalue weighted by atomic mass is 32.2. The first kappa shape index (κ1) is 25.6. The summed E-state index contributed by atoms with van der Waals surface area (Å²) in [4.78, 5) is 17.5. The van der Waals surface area contributed by atoms with E-state index >= 15 is 0 Å². The molecule has 1 fully saturated rings. The van der Waals surface area contributed by atoms with Gasteiger partial charge in [0.15, 0.2) is 0 Å². The second-order valence-corrected chi connectivity index (χ2v) is 11.4. The number of hydrogen-bond donors (Lipinski definition) is 1. The molecule has 1 amide bonds. The smallest absolute Gasteiger partial charge is 0.243 e. The Morgan fingerprint density at radius 2 is 1.87 bits per heavy atom. The monoisotopic (exact) mass is 527 g/mol. The Kier molecular flexibility index (Phi) is 7.54. The van der Waals surface area contributed by atoms with E-state index in [1.165, 1.54) is 4.31 Å². The fourth-order valence-electron chi connectivity index (χ4n) is 4.97. The van der Waals surface area contributed by atoms with Gasteiger partial charge in [-0.3, -0.25) is 4.79 Å². The number of imidazole rings is 1. The third kappa shape index (κ3) is 5.47. The molecule has 2 heterocycles. The van der Waals surface area contributed by atoms with Crippen LogP contribution in [0.25, 0.3) is 10.8 Å². The average Bonchev–Trinajstić information content (AvgIpc) is 3.39. The molecule has 9 heteroatoms. The third-order valence-corrected chi connectivity index (χ3v) is 8.96. The zero-order valence-electron chi connectivity index (χ0n) is 21.0. The van der Waals surface area contributed by atoms with Gasteiger partial charge in [0, 0.05) is 49.9 Å². The van der Waals surface area contributed by atoms with Crippen molar-refractivity contribution in [1.82, 2.24) is 19.2 Å². The molecule has 1 atom stereocenters. The van der Waals surface area contributed by atoms with Gasteiger partial charge in [0.1, 0.15) is 0 Å². The molecule has 38 heavy (non-hydrogen) atoms. The summed E-state index contributed by atoms with van der Waals surface area (Å²) in [7, 11) is -3.73. The highest BCUT2D eigenvalue weighted by Gasteiger charge is 2.34. The van der Waals surface area contributed by atoms with E-state index < -0.39 is 15.9 Å². The number of amides is 1.